The molecule has 1 amide bonds. The maximum atomic E-state index is 11.0. The van der Waals surface area contributed by atoms with Gasteiger partial charge in [0.2, 0.25) is 5.91 Å². The maximum Gasteiger partial charge on any atom is 0.216 e. The Hall–Kier alpha value is -0.380. The highest BCUT2D eigenvalue weighted by molar-refractivity contribution is 7.51. The van der Waals surface area contributed by atoms with E-state index >= 15 is 0 Å². The lowest BCUT2D eigenvalue weighted by molar-refractivity contribution is -0.198. The summed E-state index contributed by atoms with van der Waals surface area (Å²) < 4.78 is 15.6. The van der Waals surface area contributed by atoms with Crippen molar-refractivity contribution < 1.29 is 18.8 Å². The van der Waals surface area contributed by atoms with Gasteiger partial charge in [0.1, 0.15) is 7.60 Å². The zero-order valence-corrected chi connectivity index (χ0v) is 8.80. The van der Waals surface area contributed by atoms with E-state index < -0.39 is 7.60 Å². The van der Waals surface area contributed by atoms with Crippen LogP contribution in [0.2, 0.25) is 0 Å². The molecule has 0 spiro atoms. The first kappa shape index (κ1) is 12.6. The van der Waals surface area contributed by atoms with Crippen molar-refractivity contribution in [3.05, 3.63) is 0 Å². The van der Waals surface area contributed by atoms with Crippen molar-refractivity contribution in [2.75, 3.05) is 19.3 Å². The summed E-state index contributed by atoms with van der Waals surface area (Å²) in [6, 6.07) is 0. The summed E-state index contributed by atoms with van der Waals surface area (Å²) in [4.78, 5) is 21.3. The Morgan fingerprint density at radius 3 is 2.69 bits per heavy atom. The maximum absolute atomic E-state index is 11.0. The number of amides is 1. The number of hydrogen-bond acceptors (Lipinski definition) is 4. The predicted octanol–water partition coefficient (Wildman–Crippen LogP) is 0.102. The van der Waals surface area contributed by atoms with Gasteiger partial charge in [0.25, 0.3) is 0 Å². The van der Waals surface area contributed by atoms with Crippen LogP contribution in [0.15, 0.2) is 0 Å². The third-order valence-electron chi connectivity index (χ3n) is 1.26. The second-order valence-corrected chi connectivity index (χ2v) is 4.58. The highest BCUT2D eigenvalue weighted by Gasteiger charge is 2.05. The van der Waals surface area contributed by atoms with Gasteiger partial charge in [-0.3, -0.25) is 4.79 Å². The van der Waals surface area contributed by atoms with Crippen molar-refractivity contribution in [3.63, 3.8) is 0 Å². The number of nitrogens with one attached hydrogen (secondary N) is 1. The Morgan fingerprint density at radius 2 is 2.23 bits per heavy atom. The summed E-state index contributed by atoms with van der Waals surface area (Å²) >= 11 is 0. The molecule has 13 heavy (non-hydrogen) atoms. The van der Waals surface area contributed by atoms with E-state index in [4.69, 9.17) is 0 Å². The molecule has 0 aromatic carbocycles. The van der Waals surface area contributed by atoms with Gasteiger partial charge in [-0.2, -0.15) is 0 Å². The lowest BCUT2D eigenvalue weighted by Gasteiger charge is -2.22. The van der Waals surface area contributed by atoms with E-state index in [0.717, 1.165) is 0 Å². The van der Waals surface area contributed by atoms with Gasteiger partial charge in [-0.15, -0.1) is 0 Å². The van der Waals surface area contributed by atoms with Crippen LogP contribution in [0.1, 0.15) is 20.3 Å². The number of carbonyl (C=O) groups is 1. The molecule has 0 saturated carbocycles. The molecule has 0 rings (SSSR count). The molecule has 0 heterocycles. The van der Waals surface area contributed by atoms with Crippen LogP contribution in [0.3, 0.4) is 0 Å². The highest BCUT2D eigenvalue weighted by atomic mass is 31.2. The SMILES string of the molecule is CCCP(=O)([O-])OCCNC(C)=O. The van der Waals surface area contributed by atoms with E-state index in [1.807, 2.05) is 0 Å². The first-order chi connectivity index (χ1) is 5.98. The average Bonchev–Trinajstić information content (AvgIpc) is 1.98. The zero-order valence-electron chi connectivity index (χ0n) is 7.91. The molecule has 1 N–H and O–H groups in total. The van der Waals surface area contributed by atoms with Gasteiger partial charge in [-0.1, -0.05) is 6.92 Å². The zero-order chi connectivity index (χ0) is 10.3. The summed E-state index contributed by atoms with van der Waals surface area (Å²) in [6.45, 7) is 3.37. The Labute approximate surface area is 78.0 Å². The summed E-state index contributed by atoms with van der Waals surface area (Å²) in [5, 5.41) is 2.44. The summed E-state index contributed by atoms with van der Waals surface area (Å²) in [5.74, 6) is -0.195. The van der Waals surface area contributed by atoms with E-state index in [0.29, 0.717) is 6.42 Å². The molecular formula is C7H15NO4P-. The number of rotatable bonds is 6. The minimum absolute atomic E-state index is 0.0142. The third-order valence-corrected chi connectivity index (χ3v) is 2.83. The summed E-state index contributed by atoms with van der Waals surface area (Å²) in [5.41, 5.74) is 0. The van der Waals surface area contributed by atoms with E-state index in [1.54, 1.807) is 6.92 Å². The van der Waals surface area contributed by atoms with Gasteiger partial charge in [0.15, 0.2) is 0 Å². The molecule has 1 atom stereocenters. The Morgan fingerprint density at radius 1 is 1.62 bits per heavy atom. The fraction of sp³-hybridized carbons (Fsp3) is 0.857. The average molecular weight is 208 g/mol. The first-order valence-corrected chi connectivity index (χ1v) is 5.90. The molecule has 0 aliphatic rings. The molecule has 1 unspecified atom stereocenters. The topological polar surface area (TPSA) is 78.5 Å². The standard InChI is InChI=1S/C7H16NO4P/c1-3-6-13(10,11)12-5-4-8-7(2)9/h3-6H2,1-2H3,(H,8,9)(H,10,11)/p-1. The van der Waals surface area contributed by atoms with Crippen molar-refractivity contribution in [1.29, 1.82) is 0 Å². The van der Waals surface area contributed by atoms with Crippen LogP contribution in [-0.4, -0.2) is 25.2 Å². The molecule has 0 aliphatic heterocycles. The highest BCUT2D eigenvalue weighted by Crippen LogP contribution is 2.36. The van der Waals surface area contributed by atoms with Gasteiger partial charge >= 0.3 is 0 Å². The minimum Gasteiger partial charge on any atom is -0.778 e. The smallest absolute Gasteiger partial charge is 0.216 e. The Kier molecular flexibility index (Phi) is 5.95. The van der Waals surface area contributed by atoms with Crippen molar-refractivity contribution >= 4 is 13.5 Å². The lowest BCUT2D eigenvalue weighted by Crippen LogP contribution is -2.25. The van der Waals surface area contributed by atoms with Crippen molar-refractivity contribution in [1.82, 2.24) is 5.32 Å². The van der Waals surface area contributed by atoms with Crippen molar-refractivity contribution in [2.24, 2.45) is 0 Å². The molecule has 0 fully saturated rings. The predicted molar refractivity (Wildman–Crippen MR) is 47.4 cm³/mol. The number of carbonyl (C=O) groups excluding carboxylic acids is 1. The van der Waals surface area contributed by atoms with Crippen molar-refractivity contribution in [3.8, 4) is 0 Å². The van der Waals surface area contributed by atoms with Crippen LogP contribution in [0.4, 0.5) is 0 Å². The molecular weight excluding hydrogens is 193 g/mol. The third kappa shape index (κ3) is 7.96. The largest absolute Gasteiger partial charge is 0.778 e. The Balaban J connectivity index is 3.52. The fourth-order valence-electron chi connectivity index (χ4n) is 0.750. The summed E-state index contributed by atoms with van der Waals surface area (Å²) in [7, 11) is -3.65. The quantitative estimate of drug-likeness (QED) is 0.496. The molecule has 0 aromatic rings. The van der Waals surface area contributed by atoms with Gasteiger partial charge in [-0.25, -0.2) is 0 Å². The Bertz CT molecular complexity index is 207. The minimum atomic E-state index is -3.65. The molecule has 0 radical (unpaired) electrons. The second kappa shape index (κ2) is 6.13. The first-order valence-electron chi connectivity index (χ1n) is 4.17. The van der Waals surface area contributed by atoms with Crippen LogP contribution in [0.25, 0.3) is 0 Å². The van der Waals surface area contributed by atoms with E-state index in [1.165, 1.54) is 6.92 Å². The van der Waals surface area contributed by atoms with Gasteiger partial charge in [0, 0.05) is 19.6 Å². The van der Waals surface area contributed by atoms with E-state index in [9.17, 15) is 14.3 Å². The molecule has 0 aromatic heterocycles. The van der Waals surface area contributed by atoms with Crippen molar-refractivity contribution in [2.45, 2.75) is 20.3 Å². The van der Waals surface area contributed by atoms with Gasteiger partial charge in [0.05, 0.1) is 6.61 Å². The second-order valence-electron chi connectivity index (χ2n) is 2.65. The van der Waals surface area contributed by atoms with Gasteiger partial charge in [-0.05, 0) is 6.42 Å². The normalized spacial score (nSPS) is 15.0. The van der Waals surface area contributed by atoms with Crippen LogP contribution >= 0.6 is 7.60 Å². The molecule has 0 aliphatic carbocycles. The fourth-order valence-corrected chi connectivity index (χ4v) is 1.80. The van der Waals surface area contributed by atoms with E-state index in [-0.39, 0.29) is 25.2 Å². The monoisotopic (exact) mass is 208 g/mol. The van der Waals surface area contributed by atoms with Crippen LogP contribution in [-0.2, 0) is 13.9 Å². The van der Waals surface area contributed by atoms with Crippen LogP contribution in [0, 0.1) is 0 Å². The van der Waals surface area contributed by atoms with Crippen LogP contribution in [0.5, 0.6) is 0 Å². The lowest BCUT2D eigenvalue weighted by atomic mass is 10.6. The number of hydrogen-bond donors (Lipinski definition) is 1. The van der Waals surface area contributed by atoms with Crippen LogP contribution < -0.4 is 10.2 Å². The van der Waals surface area contributed by atoms with E-state index in [2.05, 4.69) is 9.84 Å². The van der Waals surface area contributed by atoms with Gasteiger partial charge < -0.3 is 19.3 Å². The molecule has 0 bridgehead atoms. The molecule has 0 saturated heterocycles. The molecule has 5 nitrogen and oxygen atoms in total. The molecule has 78 valence electrons. The molecule has 6 heteroatoms. The summed E-state index contributed by atoms with van der Waals surface area (Å²) in [6.07, 6.45) is 0.591.